The minimum absolute atomic E-state index is 0.302. The SMILES string of the molecule is COCC1(C(=O)N2CCC(N(C)c3ccccc3)CC2)CCNCC1. The van der Waals surface area contributed by atoms with Crippen molar-refractivity contribution in [1.29, 1.82) is 0 Å². The highest BCUT2D eigenvalue weighted by atomic mass is 16.5. The number of methoxy groups -OCH3 is 1. The summed E-state index contributed by atoms with van der Waals surface area (Å²) < 4.78 is 5.43. The van der Waals surface area contributed by atoms with Crippen molar-refractivity contribution in [2.45, 2.75) is 31.7 Å². The van der Waals surface area contributed by atoms with Crippen LogP contribution in [0, 0.1) is 5.41 Å². The molecule has 2 heterocycles. The van der Waals surface area contributed by atoms with E-state index in [0.717, 1.165) is 51.9 Å². The summed E-state index contributed by atoms with van der Waals surface area (Å²) in [5.41, 5.74) is 0.930. The molecule has 1 aromatic rings. The van der Waals surface area contributed by atoms with Crippen LogP contribution in [0.5, 0.6) is 0 Å². The van der Waals surface area contributed by atoms with Gasteiger partial charge in [-0.05, 0) is 50.9 Å². The molecule has 5 nitrogen and oxygen atoms in total. The first-order valence-electron chi connectivity index (χ1n) is 9.43. The Kier molecular flexibility index (Phi) is 5.97. The molecule has 25 heavy (non-hydrogen) atoms. The van der Waals surface area contributed by atoms with Crippen LogP contribution in [-0.4, -0.2) is 63.8 Å². The van der Waals surface area contributed by atoms with Gasteiger partial charge in [0.25, 0.3) is 0 Å². The summed E-state index contributed by atoms with van der Waals surface area (Å²) in [5, 5.41) is 3.36. The largest absolute Gasteiger partial charge is 0.384 e. The van der Waals surface area contributed by atoms with Crippen LogP contribution in [-0.2, 0) is 9.53 Å². The van der Waals surface area contributed by atoms with Gasteiger partial charge in [0.05, 0.1) is 12.0 Å². The first-order valence-corrected chi connectivity index (χ1v) is 9.43. The number of likely N-dealkylation sites (tertiary alicyclic amines) is 1. The van der Waals surface area contributed by atoms with Gasteiger partial charge in [0.2, 0.25) is 5.91 Å². The second-order valence-electron chi connectivity index (χ2n) is 7.43. The van der Waals surface area contributed by atoms with Crippen LogP contribution in [0.2, 0.25) is 0 Å². The molecule has 0 bridgehead atoms. The van der Waals surface area contributed by atoms with E-state index in [-0.39, 0.29) is 5.41 Å². The first kappa shape index (κ1) is 18.2. The van der Waals surface area contributed by atoms with Gasteiger partial charge in [-0.15, -0.1) is 0 Å². The van der Waals surface area contributed by atoms with Gasteiger partial charge >= 0.3 is 0 Å². The molecule has 0 saturated carbocycles. The second-order valence-corrected chi connectivity index (χ2v) is 7.43. The molecular weight excluding hydrogens is 314 g/mol. The number of piperidine rings is 2. The number of rotatable bonds is 5. The molecule has 3 rings (SSSR count). The zero-order valence-corrected chi connectivity index (χ0v) is 15.5. The van der Waals surface area contributed by atoms with Gasteiger partial charge in [-0.1, -0.05) is 18.2 Å². The van der Waals surface area contributed by atoms with Crippen molar-refractivity contribution in [3.8, 4) is 0 Å². The average molecular weight is 345 g/mol. The van der Waals surface area contributed by atoms with Crippen molar-refractivity contribution in [2.75, 3.05) is 51.8 Å². The fraction of sp³-hybridized carbons (Fsp3) is 0.650. The Hall–Kier alpha value is -1.59. The summed E-state index contributed by atoms with van der Waals surface area (Å²) in [6.45, 7) is 4.04. The topological polar surface area (TPSA) is 44.8 Å². The van der Waals surface area contributed by atoms with Gasteiger partial charge in [0.1, 0.15) is 0 Å². The number of hydrogen-bond acceptors (Lipinski definition) is 4. The fourth-order valence-electron chi connectivity index (χ4n) is 4.27. The number of carbonyl (C=O) groups is 1. The van der Waals surface area contributed by atoms with Crippen molar-refractivity contribution in [3.05, 3.63) is 30.3 Å². The third-order valence-electron chi connectivity index (χ3n) is 5.90. The van der Waals surface area contributed by atoms with Crippen molar-refractivity contribution in [1.82, 2.24) is 10.2 Å². The van der Waals surface area contributed by atoms with E-state index in [0.29, 0.717) is 18.6 Å². The van der Waals surface area contributed by atoms with Crippen LogP contribution in [0.15, 0.2) is 30.3 Å². The number of anilines is 1. The van der Waals surface area contributed by atoms with Crippen LogP contribution < -0.4 is 10.2 Å². The smallest absolute Gasteiger partial charge is 0.231 e. The summed E-state index contributed by atoms with van der Waals surface area (Å²) >= 11 is 0. The Labute approximate surface area is 151 Å². The minimum atomic E-state index is -0.321. The van der Waals surface area contributed by atoms with E-state index in [1.807, 2.05) is 6.07 Å². The summed E-state index contributed by atoms with van der Waals surface area (Å²) in [7, 11) is 3.87. The number of amides is 1. The van der Waals surface area contributed by atoms with Crippen molar-refractivity contribution in [2.24, 2.45) is 5.41 Å². The van der Waals surface area contributed by atoms with Gasteiger partial charge in [-0.2, -0.15) is 0 Å². The van der Waals surface area contributed by atoms with Gasteiger partial charge in [-0.3, -0.25) is 4.79 Å². The predicted octanol–water partition coefficient (Wildman–Crippen LogP) is 2.13. The lowest BCUT2D eigenvalue weighted by Crippen LogP contribution is -2.54. The molecule has 2 aliphatic heterocycles. The molecule has 0 aliphatic carbocycles. The van der Waals surface area contributed by atoms with E-state index < -0.39 is 0 Å². The highest BCUT2D eigenvalue weighted by Crippen LogP contribution is 2.33. The normalized spacial score (nSPS) is 21.1. The number of benzene rings is 1. The number of para-hydroxylation sites is 1. The summed E-state index contributed by atoms with van der Waals surface area (Å²) in [4.78, 5) is 17.7. The number of hydrogen-bond donors (Lipinski definition) is 1. The molecule has 1 amide bonds. The molecule has 138 valence electrons. The van der Waals surface area contributed by atoms with E-state index in [2.05, 4.69) is 46.4 Å². The minimum Gasteiger partial charge on any atom is -0.384 e. The third-order valence-corrected chi connectivity index (χ3v) is 5.90. The number of nitrogens with one attached hydrogen (secondary N) is 1. The van der Waals surface area contributed by atoms with E-state index >= 15 is 0 Å². The van der Waals surface area contributed by atoms with Crippen LogP contribution in [0.25, 0.3) is 0 Å². The molecule has 1 aromatic carbocycles. The Morgan fingerprint density at radius 1 is 1.24 bits per heavy atom. The van der Waals surface area contributed by atoms with E-state index in [1.54, 1.807) is 7.11 Å². The van der Waals surface area contributed by atoms with E-state index in [1.165, 1.54) is 5.69 Å². The van der Waals surface area contributed by atoms with Crippen molar-refractivity contribution >= 4 is 11.6 Å². The molecule has 0 unspecified atom stereocenters. The molecule has 0 radical (unpaired) electrons. The highest BCUT2D eigenvalue weighted by Gasteiger charge is 2.43. The zero-order chi connectivity index (χ0) is 17.7. The summed E-state index contributed by atoms with van der Waals surface area (Å²) in [6.07, 6.45) is 3.81. The average Bonchev–Trinajstić information content (AvgIpc) is 2.68. The van der Waals surface area contributed by atoms with Gasteiger partial charge in [0.15, 0.2) is 0 Å². The van der Waals surface area contributed by atoms with Crippen LogP contribution in [0.1, 0.15) is 25.7 Å². The third kappa shape index (κ3) is 3.98. The Bertz CT molecular complexity index is 544. The highest BCUT2D eigenvalue weighted by molar-refractivity contribution is 5.83. The quantitative estimate of drug-likeness (QED) is 0.888. The molecule has 5 heteroatoms. The Balaban J connectivity index is 1.60. The van der Waals surface area contributed by atoms with E-state index in [4.69, 9.17) is 4.74 Å². The molecule has 0 aromatic heterocycles. The first-order chi connectivity index (χ1) is 12.2. The Morgan fingerprint density at radius 3 is 2.48 bits per heavy atom. The lowest BCUT2D eigenvalue weighted by Gasteiger charge is -2.43. The molecule has 2 saturated heterocycles. The molecular formula is C20H31N3O2. The van der Waals surface area contributed by atoms with E-state index in [9.17, 15) is 4.79 Å². The molecule has 2 aliphatic rings. The molecule has 0 spiro atoms. The fourth-order valence-corrected chi connectivity index (χ4v) is 4.27. The summed E-state index contributed by atoms with van der Waals surface area (Å²) in [6, 6.07) is 11.0. The van der Waals surface area contributed by atoms with Crippen molar-refractivity contribution in [3.63, 3.8) is 0 Å². The lowest BCUT2D eigenvalue weighted by atomic mass is 9.78. The lowest BCUT2D eigenvalue weighted by molar-refractivity contribution is -0.148. The van der Waals surface area contributed by atoms with Gasteiger partial charge < -0.3 is 19.9 Å². The van der Waals surface area contributed by atoms with Crippen LogP contribution >= 0.6 is 0 Å². The van der Waals surface area contributed by atoms with Gasteiger partial charge in [0, 0.05) is 39.0 Å². The number of carbonyl (C=O) groups excluding carboxylic acids is 1. The molecule has 1 N–H and O–H groups in total. The maximum atomic E-state index is 13.2. The molecule has 0 atom stereocenters. The monoisotopic (exact) mass is 345 g/mol. The Morgan fingerprint density at radius 2 is 1.88 bits per heavy atom. The molecule has 2 fully saturated rings. The maximum Gasteiger partial charge on any atom is 0.231 e. The number of nitrogens with zero attached hydrogens (tertiary/aromatic N) is 2. The second kappa shape index (κ2) is 8.19. The number of ether oxygens (including phenoxy) is 1. The van der Waals surface area contributed by atoms with Gasteiger partial charge in [-0.25, -0.2) is 0 Å². The zero-order valence-electron chi connectivity index (χ0n) is 15.5. The maximum absolute atomic E-state index is 13.2. The predicted molar refractivity (Wildman–Crippen MR) is 101 cm³/mol. The van der Waals surface area contributed by atoms with Crippen LogP contribution in [0.4, 0.5) is 5.69 Å². The van der Waals surface area contributed by atoms with Crippen LogP contribution in [0.3, 0.4) is 0 Å². The summed E-state index contributed by atoms with van der Waals surface area (Å²) in [5.74, 6) is 0.302. The standard InChI is InChI=1S/C20H31N3O2/c1-22(17-6-4-3-5-7-17)18-8-14-23(15-9-18)19(24)20(16-25-2)10-12-21-13-11-20/h3-7,18,21H,8-16H2,1-2H3. The van der Waals surface area contributed by atoms with Crippen molar-refractivity contribution < 1.29 is 9.53 Å².